The van der Waals surface area contributed by atoms with Crippen LogP contribution in [0.3, 0.4) is 0 Å². The summed E-state index contributed by atoms with van der Waals surface area (Å²) in [4.78, 5) is 25.5. The molecule has 0 saturated heterocycles. The number of hydrogen-bond acceptors (Lipinski definition) is 6. The van der Waals surface area contributed by atoms with E-state index in [2.05, 4.69) is 18.3 Å². The summed E-state index contributed by atoms with van der Waals surface area (Å²) in [5.41, 5.74) is 9.28. The van der Waals surface area contributed by atoms with E-state index >= 15 is 0 Å². The summed E-state index contributed by atoms with van der Waals surface area (Å²) in [5.74, 6) is -1.62. The first-order valence-electron chi connectivity index (χ1n) is 12.5. The molecule has 0 bridgehead atoms. The van der Waals surface area contributed by atoms with E-state index in [4.69, 9.17) is 14.9 Å². The molecule has 1 aromatic heterocycles. The Balaban J connectivity index is 1.53. The fourth-order valence-corrected chi connectivity index (χ4v) is 4.34. The van der Waals surface area contributed by atoms with Crippen molar-refractivity contribution in [3.8, 4) is 0 Å². The minimum absolute atomic E-state index is 0.0835. The van der Waals surface area contributed by atoms with Crippen molar-refractivity contribution >= 4 is 16.9 Å². The second kappa shape index (κ2) is 12.1. The summed E-state index contributed by atoms with van der Waals surface area (Å²) in [6.07, 6.45) is 0.167. The number of benzene rings is 3. The van der Waals surface area contributed by atoms with Crippen molar-refractivity contribution in [3.05, 3.63) is 117 Å². The van der Waals surface area contributed by atoms with Crippen molar-refractivity contribution < 1.29 is 22.7 Å². The zero-order valence-electron chi connectivity index (χ0n) is 21.3. The number of esters is 1. The van der Waals surface area contributed by atoms with Crippen molar-refractivity contribution in [3.63, 3.8) is 0 Å². The van der Waals surface area contributed by atoms with Gasteiger partial charge in [0.05, 0.1) is 10.9 Å². The fraction of sp³-hybridized carbons (Fsp3) is 0.267. The van der Waals surface area contributed by atoms with Crippen LogP contribution >= 0.6 is 0 Å². The Morgan fingerprint density at radius 3 is 2.47 bits per heavy atom. The molecule has 4 aromatic rings. The molecule has 4 rings (SSSR count). The third-order valence-corrected chi connectivity index (χ3v) is 6.29. The highest BCUT2D eigenvalue weighted by Crippen LogP contribution is 2.17. The zero-order valence-corrected chi connectivity index (χ0v) is 21.3. The van der Waals surface area contributed by atoms with E-state index < -0.39 is 29.7 Å². The highest BCUT2D eigenvalue weighted by atomic mass is 19.1. The van der Waals surface area contributed by atoms with Gasteiger partial charge in [-0.05, 0) is 66.8 Å². The van der Waals surface area contributed by atoms with E-state index in [1.54, 1.807) is 13.0 Å². The van der Waals surface area contributed by atoms with Crippen LogP contribution in [0.4, 0.5) is 8.78 Å². The smallest absolute Gasteiger partial charge is 0.338 e. The molecule has 0 aliphatic rings. The Labute approximate surface area is 219 Å². The maximum atomic E-state index is 13.7. The van der Waals surface area contributed by atoms with Crippen molar-refractivity contribution in [1.82, 2.24) is 5.32 Å². The van der Waals surface area contributed by atoms with Crippen LogP contribution in [0.2, 0.25) is 0 Å². The maximum Gasteiger partial charge on any atom is 0.338 e. The predicted molar refractivity (Wildman–Crippen MR) is 142 cm³/mol. The Kier molecular flexibility index (Phi) is 8.66. The molecule has 0 spiro atoms. The number of nitrogens with one attached hydrogen (secondary N) is 1. The SMILES string of the molecule is CCc1cccc(CNC[C@@H](OC(=O)c2ccc3oc(C)cc(=O)c3c2)[C@@H](N)Cc2cc(F)cc(F)c2)c1. The van der Waals surface area contributed by atoms with Gasteiger partial charge in [-0.2, -0.15) is 0 Å². The monoisotopic (exact) mass is 520 g/mol. The largest absolute Gasteiger partial charge is 0.461 e. The lowest BCUT2D eigenvalue weighted by Crippen LogP contribution is -2.46. The van der Waals surface area contributed by atoms with Crippen molar-refractivity contribution in [2.45, 2.75) is 45.4 Å². The molecule has 0 unspecified atom stereocenters. The molecular formula is C30H30F2N2O4. The molecule has 3 aromatic carbocycles. The lowest BCUT2D eigenvalue weighted by Gasteiger charge is -2.25. The molecule has 8 heteroatoms. The molecule has 0 radical (unpaired) electrons. The number of hydrogen-bond donors (Lipinski definition) is 2. The number of ether oxygens (including phenoxy) is 1. The molecule has 1 heterocycles. The van der Waals surface area contributed by atoms with Gasteiger partial charge in [0.1, 0.15) is 29.1 Å². The first-order chi connectivity index (χ1) is 18.2. The van der Waals surface area contributed by atoms with E-state index in [-0.39, 0.29) is 29.3 Å². The molecule has 3 N–H and O–H groups in total. The highest BCUT2D eigenvalue weighted by Gasteiger charge is 2.24. The van der Waals surface area contributed by atoms with Gasteiger partial charge in [0, 0.05) is 31.3 Å². The zero-order chi connectivity index (χ0) is 27.2. The second-order valence-electron chi connectivity index (χ2n) is 9.33. The van der Waals surface area contributed by atoms with Gasteiger partial charge in [-0.15, -0.1) is 0 Å². The third kappa shape index (κ3) is 6.90. The number of nitrogens with two attached hydrogens (primary N) is 1. The lowest BCUT2D eigenvalue weighted by atomic mass is 10.0. The van der Waals surface area contributed by atoms with Gasteiger partial charge in [-0.1, -0.05) is 31.2 Å². The number of fused-ring (bicyclic) bond motifs is 1. The van der Waals surface area contributed by atoms with Crippen molar-refractivity contribution in [2.75, 3.05) is 6.54 Å². The van der Waals surface area contributed by atoms with Crippen LogP contribution in [0.1, 0.15) is 39.7 Å². The molecule has 0 aliphatic heterocycles. The molecule has 0 amide bonds. The van der Waals surface area contributed by atoms with Gasteiger partial charge in [0.15, 0.2) is 5.43 Å². The average molecular weight is 521 g/mol. The van der Waals surface area contributed by atoms with E-state index in [1.165, 1.54) is 35.9 Å². The van der Waals surface area contributed by atoms with E-state index in [0.29, 0.717) is 23.5 Å². The third-order valence-electron chi connectivity index (χ3n) is 6.29. The van der Waals surface area contributed by atoms with E-state index in [1.807, 2.05) is 18.2 Å². The summed E-state index contributed by atoms with van der Waals surface area (Å²) in [6, 6.07) is 16.4. The standard InChI is InChI=1S/C30H30F2N2O4/c1-3-19-5-4-6-20(10-19)16-34-17-29(26(33)13-21-11-23(31)15-24(32)12-21)38-30(36)22-7-8-28-25(14-22)27(35)9-18(2)37-28/h4-12,14-15,26,29,34H,3,13,16-17,33H2,1-2H3/t26-,29+/m0/s1. The molecule has 198 valence electrons. The number of carbonyl (C=O) groups is 1. The molecule has 0 fully saturated rings. The molecule has 0 aliphatic carbocycles. The van der Waals surface area contributed by atoms with E-state index in [0.717, 1.165) is 18.1 Å². The van der Waals surface area contributed by atoms with Gasteiger partial charge in [0.2, 0.25) is 0 Å². The average Bonchev–Trinajstić information content (AvgIpc) is 2.87. The van der Waals surface area contributed by atoms with Crippen LogP contribution in [0.15, 0.2) is 75.9 Å². The lowest BCUT2D eigenvalue weighted by molar-refractivity contribution is 0.0238. The number of aryl methyl sites for hydroxylation is 2. The van der Waals surface area contributed by atoms with E-state index in [9.17, 15) is 18.4 Å². The Bertz CT molecular complexity index is 1480. The van der Waals surface area contributed by atoms with Gasteiger partial charge >= 0.3 is 5.97 Å². The Morgan fingerprint density at radius 2 is 1.74 bits per heavy atom. The summed E-state index contributed by atoms with van der Waals surface area (Å²) < 4.78 is 38.8. The first-order valence-corrected chi connectivity index (χ1v) is 12.5. The quantitative estimate of drug-likeness (QED) is 0.291. The van der Waals surface area contributed by atoms with Crippen LogP contribution in [0, 0.1) is 18.6 Å². The summed E-state index contributed by atoms with van der Waals surface area (Å²) in [6.45, 7) is 4.47. The van der Waals surface area contributed by atoms with Crippen molar-refractivity contribution in [2.24, 2.45) is 5.73 Å². The van der Waals surface area contributed by atoms with Gasteiger partial charge in [0.25, 0.3) is 0 Å². The van der Waals surface area contributed by atoms with Crippen LogP contribution < -0.4 is 16.5 Å². The van der Waals surface area contributed by atoms with Crippen LogP contribution in [-0.4, -0.2) is 24.7 Å². The normalized spacial score (nSPS) is 12.9. The van der Waals surface area contributed by atoms with Crippen LogP contribution in [-0.2, 0) is 24.1 Å². The van der Waals surface area contributed by atoms with Gasteiger partial charge in [-0.25, -0.2) is 13.6 Å². The second-order valence-corrected chi connectivity index (χ2v) is 9.33. The fourth-order valence-electron chi connectivity index (χ4n) is 4.34. The van der Waals surface area contributed by atoms with Gasteiger partial charge < -0.3 is 20.2 Å². The Hall–Kier alpha value is -3.88. The molecular weight excluding hydrogens is 490 g/mol. The summed E-state index contributed by atoms with van der Waals surface area (Å²) >= 11 is 0. The molecule has 2 atom stereocenters. The molecule has 6 nitrogen and oxygen atoms in total. The summed E-state index contributed by atoms with van der Waals surface area (Å²) in [7, 11) is 0. The van der Waals surface area contributed by atoms with Crippen LogP contribution in [0.25, 0.3) is 11.0 Å². The Morgan fingerprint density at radius 1 is 1.00 bits per heavy atom. The summed E-state index contributed by atoms with van der Waals surface area (Å²) in [5, 5.41) is 3.53. The van der Waals surface area contributed by atoms with Gasteiger partial charge in [-0.3, -0.25) is 4.79 Å². The minimum atomic E-state index is -0.826. The molecule has 38 heavy (non-hydrogen) atoms. The molecule has 0 saturated carbocycles. The van der Waals surface area contributed by atoms with Crippen molar-refractivity contribution in [1.29, 1.82) is 0 Å². The predicted octanol–water partition coefficient (Wildman–Crippen LogP) is 4.83. The first kappa shape index (κ1) is 27.2. The highest BCUT2D eigenvalue weighted by molar-refractivity contribution is 5.94. The minimum Gasteiger partial charge on any atom is -0.461 e. The number of rotatable bonds is 10. The number of halogens is 2. The van der Waals surface area contributed by atoms with Crippen LogP contribution in [0.5, 0.6) is 0 Å². The topological polar surface area (TPSA) is 94.6 Å². The number of carbonyl (C=O) groups excluding carboxylic acids is 1. The maximum absolute atomic E-state index is 13.7.